The van der Waals surface area contributed by atoms with Gasteiger partial charge < -0.3 is 15.6 Å². The predicted molar refractivity (Wildman–Crippen MR) is 133 cm³/mol. The molecule has 2 aromatic heterocycles. The monoisotopic (exact) mass is 560 g/mol. The van der Waals surface area contributed by atoms with Crippen LogP contribution in [0.25, 0.3) is 11.1 Å². The number of carbonyl (C=O) groups is 2. The molecular formula is C28H22F6N4O2. The van der Waals surface area contributed by atoms with Crippen molar-refractivity contribution >= 4 is 11.8 Å². The second-order valence-corrected chi connectivity index (χ2v) is 9.06. The Morgan fingerprint density at radius 1 is 1.02 bits per heavy atom. The summed E-state index contributed by atoms with van der Waals surface area (Å²) in [5.41, 5.74) is 4.97. The highest BCUT2D eigenvalue weighted by Gasteiger charge is 2.32. The van der Waals surface area contributed by atoms with Crippen LogP contribution in [0.2, 0.25) is 0 Å². The molecule has 0 fully saturated rings. The van der Waals surface area contributed by atoms with Crippen molar-refractivity contribution in [3.05, 3.63) is 113 Å². The maximum atomic E-state index is 14.1. The minimum absolute atomic E-state index is 0.157. The van der Waals surface area contributed by atoms with Crippen LogP contribution in [-0.2, 0) is 17.4 Å². The highest BCUT2D eigenvalue weighted by atomic mass is 19.4. The van der Waals surface area contributed by atoms with Gasteiger partial charge in [-0.1, -0.05) is 12.1 Å². The van der Waals surface area contributed by atoms with Crippen LogP contribution in [0.1, 0.15) is 46.2 Å². The van der Waals surface area contributed by atoms with Crippen molar-refractivity contribution in [3.63, 3.8) is 0 Å². The van der Waals surface area contributed by atoms with Crippen LogP contribution in [0.5, 0.6) is 0 Å². The number of nitrogens with one attached hydrogen (secondary N) is 1. The van der Waals surface area contributed by atoms with Crippen molar-refractivity contribution in [3.8, 4) is 11.1 Å². The third-order valence-electron chi connectivity index (χ3n) is 6.26. The van der Waals surface area contributed by atoms with Crippen LogP contribution in [0, 0.1) is 17.5 Å². The molecular weight excluding hydrogens is 538 g/mol. The highest BCUT2D eigenvalue weighted by molar-refractivity contribution is 5.94. The first-order valence-corrected chi connectivity index (χ1v) is 11.9. The molecule has 4 aromatic rings. The topological polar surface area (TPSA) is 90.0 Å². The number of benzene rings is 2. The normalized spacial score (nSPS) is 13.1. The molecule has 2 heterocycles. The number of nitrogens with two attached hydrogens (primary N) is 1. The number of nitrogens with zero attached hydrogens (tertiary/aromatic N) is 2. The second-order valence-electron chi connectivity index (χ2n) is 9.06. The number of pyridine rings is 1. The Morgan fingerprint density at radius 3 is 2.35 bits per heavy atom. The fourth-order valence-electron chi connectivity index (χ4n) is 4.25. The molecule has 0 radical (unpaired) electrons. The van der Waals surface area contributed by atoms with Gasteiger partial charge in [-0.25, -0.2) is 13.2 Å². The number of primary amides is 1. The summed E-state index contributed by atoms with van der Waals surface area (Å²) in [5, 5.41) is 2.71. The highest BCUT2D eigenvalue weighted by Crippen LogP contribution is 2.32. The minimum atomic E-state index is -4.60. The quantitative estimate of drug-likeness (QED) is 0.269. The van der Waals surface area contributed by atoms with E-state index in [0.29, 0.717) is 17.2 Å². The van der Waals surface area contributed by atoms with Gasteiger partial charge in [-0.05, 0) is 60.9 Å². The number of hydrogen-bond donors (Lipinski definition) is 2. The first-order chi connectivity index (χ1) is 18.8. The molecule has 0 aliphatic rings. The van der Waals surface area contributed by atoms with Gasteiger partial charge in [0.15, 0.2) is 0 Å². The van der Waals surface area contributed by atoms with Crippen LogP contribution in [0.15, 0.2) is 73.2 Å². The number of alkyl halides is 3. The molecule has 2 aromatic carbocycles. The van der Waals surface area contributed by atoms with E-state index in [2.05, 4.69) is 10.3 Å². The van der Waals surface area contributed by atoms with Gasteiger partial charge in [-0.15, -0.1) is 0 Å². The van der Waals surface area contributed by atoms with E-state index in [1.54, 1.807) is 12.1 Å². The van der Waals surface area contributed by atoms with Gasteiger partial charge in [0, 0.05) is 30.2 Å². The zero-order valence-electron chi connectivity index (χ0n) is 20.8. The molecule has 0 saturated heterocycles. The first kappa shape index (κ1) is 28.4. The van der Waals surface area contributed by atoms with E-state index in [1.165, 1.54) is 25.3 Å². The molecule has 40 heavy (non-hydrogen) atoms. The van der Waals surface area contributed by atoms with Gasteiger partial charge in [0.2, 0.25) is 5.91 Å². The second kappa shape index (κ2) is 11.2. The lowest BCUT2D eigenvalue weighted by Gasteiger charge is -2.24. The Balaban J connectivity index is 1.75. The molecule has 1 unspecified atom stereocenters. The summed E-state index contributed by atoms with van der Waals surface area (Å²) < 4.78 is 82.4. The summed E-state index contributed by atoms with van der Waals surface area (Å²) in [6, 6.07) is 8.23. The Morgan fingerprint density at radius 2 is 1.73 bits per heavy atom. The molecule has 0 bridgehead atoms. The lowest BCUT2D eigenvalue weighted by Crippen LogP contribution is -2.35. The number of carbonyl (C=O) groups excluding carboxylic acids is 2. The van der Waals surface area contributed by atoms with E-state index >= 15 is 0 Å². The fourth-order valence-corrected chi connectivity index (χ4v) is 4.25. The maximum Gasteiger partial charge on any atom is 0.417 e. The molecule has 0 aliphatic carbocycles. The van der Waals surface area contributed by atoms with E-state index in [9.17, 15) is 35.9 Å². The lowest BCUT2D eigenvalue weighted by atomic mass is 9.94. The molecule has 4 rings (SSSR count). The fraction of sp³-hybridized carbons (Fsp3) is 0.179. The zero-order chi connectivity index (χ0) is 29.2. The van der Waals surface area contributed by atoms with Gasteiger partial charge in [0.05, 0.1) is 22.9 Å². The maximum absolute atomic E-state index is 14.1. The number of amides is 2. The molecule has 2 atom stereocenters. The van der Waals surface area contributed by atoms with Crippen LogP contribution in [0.3, 0.4) is 0 Å². The number of halogens is 6. The lowest BCUT2D eigenvalue weighted by molar-refractivity contribution is -0.137. The summed E-state index contributed by atoms with van der Waals surface area (Å²) in [4.78, 5) is 29.3. The number of rotatable bonds is 8. The predicted octanol–water partition coefficient (Wildman–Crippen LogP) is 5.75. The van der Waals surface area contributed by atoms with Crippen molar-refractivity contribution in [1.82, 2.24) is 14.9 Å². The van der Waals surface area contributed by atoms with Crippen LogP contribution >= 0.6 is 0 Å². The van der Waals surface area contributed by atoms with Gasteiger partial charge >= 0.3 is 6.18 Å². The SMILES string of the molecule is CC(C(=O)N[C@@H](Cc1cc(F)cc(F)c1)c1ncccc1-c1ccc(F)c(C(N)=O)c1)n1ccc(C(F)(F)F)c1. The zero-order valence-corrected chi connectivity index (χ0v) is 20.8. The van der Waals surface area contributed by atoms with E-state index in [1.807, 2.05) is 0 Å². The van der Waals surface area contributed by atoms with Gasteiger partial charge in [-0.3, -0.25) is 14.6 Å². The van der Waals surface area contributed by atoms with Crippen molar-refractivity contribution in [2.24, 2.45) is 5.73 Å². The Hall–Kier alpha value is -4.61. The molecule has 6 nitrogen and oxygen atoms in total. The average Bonchev–Trinajstić information content (AvgIpc) is 3.38. The molecule has 208 valence electrons. The Bertz CT molecular complexity index is 1550. The van der Waals surface area contributed by atoms with Gasteiger partial charge in [0.25, 0.3) is 5.91 Å². The Labute approximate surface area is 224 Å². The summed E-state index contributed by atoms with van der Waals surface area (Å²) >= 11 is 0. The summed E-state index contributed by atoms with van der Waals surface area (Å²) in [6.45, 7) is 1.38. The number of aromatic nitrogens is 2. The summed E-state index contributed by atoms with van der Waals surface area (Å²) in [7, 11) is 0. The largest absolute Gasteiger partial charge is 0.417 e. The van der Waals surface area contributed by atoms with E-state index in [0.717, 1.165) is 41.2 Å². The van der Waals surface area contributed by atoms with Crippen LogP contribution in [0.4, 0.5) is 26.3 Å². The molecule has 0 spiro atoms. The van der Waals surface area contributed by atoms with E-state index in [4.69, 9.17) is 5.73 Å². The van der Waals surface area contributed by atoms with Crippen LogP contribution in [-0.4, -0.2) is 21.4 Å². The third kappa shape index (κ3) is 6.33. The van der Waals surface area contributed by atoms with E-state index in [-0.39, 0.29) is 23.2 Å². The van der Waals surface area contributed by atoms with Gasteiger partial charge in [-0.2, -0.15) is 13.2 Å². The first-order valence-electron chi connectivity index (χ1n) is 11.9. The smallest absolute Gasteiger partial charge is 0.366 e. The third-order valence-corrected chi connectivity index (χ3v) is 6.26. The average molecular weight is 560 g/mol. The molecule has 3 N–H and O–H groups in total. The molecule has 2 amide bonds. The molecule has 0 aliphatic heterocycles. The standard InChI is InChI=1S/C28H22F6N4O2/c1-15(38-8-6-18(14-38)28(32,33)34)27(40)37-24(11-16-9-19(29)13-20(30)10-16)25-21(3-2-7-36-25)17-4-5-23(31)22(12-17)26(35)39/h2-10,12-15,24H,11H2,1H3,(H2,35,39)(H,37,40)/t15?,24-/m0/s1. The molecule has 0 saturated carbocycles. The van der Waals surface area contributed by atoms with Crippen molar-refractivity contribution in [2.45, 2.75) is 31.6 Å². The van der Waals surface area contributed by atoms with Crippen molar-refractivity contribution in [2.75, 3.05) is 0 Å². The van der Waals surface area contributed by atoms with Crippen molar-refractivity contribution in [1.29, 1.82) is 0 Å². The summed E-state index contributed by atoms with van der Waals surface area (Å²) in [5.74, 6) is -4.28. The van der Waals surface area contributed by atoms with E-state index < -0.39 is 53.1 Å². The number of hydrogen-bond acceptors (Lipinski definition) is 3. The Kier molecular flexibility index (Phi) is 7.98. The summed E-state index contributed by atoms with van der Waals surface area (Å²) in [6.07, 6.45) is -1.47. The van der Waals surface area contributed by atoms with Gasteiger partial charge in [0.1, 0.15) is 23.5 Å². The van der Waals surface area contributed by atoms with Crippen LogP contribution < -0.4 is 11.1 Å². The molecule has 12 heteroatoms. The minimum Gasteiger partial charge on any atom is -0.366 e. The van der Waals surface area contributed by atoms with Crippen molar-refractivity contribution < 1.29 is 35.9 Å².